The molecule has 1 unspecified atom stereocenters. The van der Waals surface area contributed by atoms with E-state index >= 15 is 0 Å². The van der Waals surface area contributed by atoms with Crippen LogP contribution in [0.4, 0.5) is 0 Å². The highest BCUT2D eigenvalue weighted by molar-refractivity contribution is 5.93. The number of rotatable bonds is 3. The summed E-state index contributed by atoms with van der Waals surface area (Å²) in [6.45, 7) is 2.57. The van der Waals surface area contributed by atoms with Crippen molar-refractivity contribution in [3.05, 3.63) is 81.0 Å². The number of methoxy groups -OCH3 is 1. The van der Waals surface area contributed by atoms with Crippen molar-refractivity contribution < 1.29 is 9.47 Å². The SMILES string of the molecule is COc1ccc2c(c1)cc1c(=O)n(-c3ccc(C)cc3)c3c(=O)n(C4CCCCO4)ncc3n12. The summed E-state index contributed by atoms with van der Waals surface area (Å²) >= 11 is 0. The minimum absolute atomic E-state index is 0.272. The third-order valence-electron chi connectivity index (χ3n) is 6.57. The average Bonchev–Trinajstić information content (AvgIpc) is 3.25. The number of nitrogens with zero attached hydrogens (tertiary/aromatic N) is 4. The fourth-order valence-electron chi connectivity index (χ4n) is 4.84. The average molecular weight is 457 g/mol. The van der Waals surface area contributed by atoms with Crippen molar-refractivity contribution in [3.8, 4) is 11.4 Å². The van der Waals surface area contributed by atoms with Crippen molar-refractivity contribution >= 4 is 27.5 Å². The lowest BCUT2D eigenvalue weighted by Gasteiger charge is -2.24. The molecule has 0 N–H and O–H groups in total. The fourth-order valence-corrected chi connectivity index (χ4v) is 4.84. The Bertz CT molecular complexity index is 1670. The molecule has 1 aliphatic rings. The van der Waals surface area contributed by atoms with Crippen LogP contribution in [0, 0.1) is 6.92 Å². The molecule has 0 saturated carbocycles. The molecule has 6 rings (SSSR count). The van der Waals surface area contributed by atoms with Gasteiger partial charge in [0, 0.05) is 17.7 Å². The van der Waals surface area contributed by atoms with Gasteiger partial charge >= 0.3 is 0 Å². The number of fused-ring (bicyclic) bond motifs is 5. The van der Waals surface area contributed by atoms with E-state index in [0.29, 0.717) is 35.5 Å². The molecular weight excluding hydrogens is 432 g/mol. The first-order chi connectivity index (χ1) is 16.6. The minimum atomic E-state index is -0.436. The first kappa shape index (κ1) is 20.7. The van der Waals surface area contributed by atoms with E-state index in [0.717, 1.165) is 29.3 Å². The number of aromatic nitrogens is 4. The molecule has 8 heteroatoms. The van der Waals surface area contributed by atoms with Crippen molar-refractivity contribution in [2.24, 2.45) is 0 Å². The number of ether oxygens (including phenoxy) is 2. The van der Waals surface area contributed by atoms with E-state index in [1.807, 2.05) is 59.9 Å². The standard InChI is InChI=1S/C26H24N4O4/c1-16-6-8-18(9-7-16)28-24-22(15-27-30(26(24)32)23-5-3-4-12-34-23)29-20-11-10-19(33-2)13-17(20)14-21(29)25(28)31/h6-11,13-15,23H,3-5,12H2,1-2H3. The molecule has 1 saturated heterocycles. The summed E-state index contributed by atoms with van der Waals surface area (Å²) in [6.07, 6.45) is 3.86. The first-order valence-electron chi connectivity index (χ1n) is 11.4. The molecule has 0 amide bonds. The Labute approximate surface area is 194 Å². The van der Waals surface area contributed by atoms with Crippen LogP contribution in [-0.4, -0.2) is 32.5 Å². The highest BCUT2D eigenvalue weighted by atomic mass is 16.5. The Morgan fingerprint density at radius 1 is 0.971 bits per heavy atom. The monoisotopic (exact) mass is 456 g/mol. The van der Waals surface area contributed by atoms with E-state index in [2.05, 4.69) is 5.10 Å². The van der Waals surface area contributed by atoms with Gasteiger partial charge in [-0.05, 0) is 62.6 Å². The van der Waals surface area contributed by atoms with Crippen LogP contribution in [0.2, 0.25) is 0 Å². The van der Waals surface area contributed by atoms with E-state index in [-0.39, 0.29) is 16.6 Å². The molecule has 5 aromatic rings. The molecule has 0 aliphatic carbocycles. The zero-order valence-corrected chi connectivity index (χ0v) is 19.0. The van der Waals surface area contributed by atoms with Gasteiger partial charge in [-0.2, -0.15) is 9.78 Å². The second kappa shape index (κ2) is 7.85. The van der Waals surface area contributed by atoms with Crippen LogP contribution in [0.15, 0.2) is 64.3 Å². The highest BCUT2D eigenvalue weighted by Gasteiger charge is 2.23. The van der Waals surface area contributed by atoms with Crippen LogP contribution in [-0.2, 0) is 4.74 Å². The smallest absolute Gasteiger partial charge is 0.295 e. The summed E-state index contributed by atoms with van der Waals surface area (Å²) in [5.41, 5.74) is 3.19. The zero-order valence-electron chi connectivity index (χ0n) is 19.0. The van der Waals surface area contributed by atoms with Gasteiger partial charge in [0.05, 0.1) is 24.3 Å². The van der Waals surface area contributed by atoms with E-state index in [1.165, 1.54) is 9.25 Å². The summed E-state index contributed by atoms with van der Waals surface area (Å²) in [4.78, 5) is 27.8. The van der Waals surface area contributed by atoms with Crippen LogP contribution < -0.4 is 15.9 Å². The van der Waals surface area contributed by atoms with E-state index in [4.69, 9.17) is 9.47 Å². The molecular formula is C26H24N4O4. The van der Waals surface area contributed by atoms with E-state index in [1.54, 1.807) is 13.3 Å². The second-order valence-electron chi connectivity index (χ2n) is 8.72. The lowest BCUT2D eigenvalue weighted by molar-refractivity contribution is -0.0421. The van der Waals surface area contributed by atoms with Crippen LogP contribution in [0.1, 0.15) is 31.1 Å². The van der Waals surface area contributed by atoms with Crippen molar-refractivity contribution in [1.29, 1.82) is 0 Å². The minimum Gasteiger partial charge on any atom is -0.497 e. The number of aryl methyl sites for hydroxylation is 1. The molecule has 34 heavy (non-hydrogen) atoms. The predicted octanol–water partition coefficient (Wildman–Crippen LogP) is 3.97. The molecule has 0 radical (unpaired) electrons. The van der Waals surface area contributed by atoms with Crippen molar-refractivity contribution in [2.45, 2.75) is 32.4 Å². The Kier molecular flexibility index (Phi) is 4.77. The zero-order chi connectivity index (χ0) is 23.4. The molecule has 1 fully saturated rings. The first-order valence-corrected chi connectivity index (χ1v) is 11.4. The van der Waals surface area contributed by atoms with Crippen molar-refractivity contribution in [2.75, 3.05) is 13.7 Å². The van der Waals surface area contributed by atoms with Gasteiger partial charge < -0.3 is 13.9 Å². The highest BCUT2D eigenvalue weighted by Crippen LogP contribution is 2.28. The largest absolute Gasteiger partial charge is 0.497 e. The number of benzene rings is 2. The Hall–Kier alpha value is -3.91. The van der Waals surface area contributed by atoms with Gasteiger partial charge in [0.25, 0.3) is 11.1 Å². The second-order valence-corrected chi connectivity index (χ2v) is 8.72. The van der Waals surface area contributed by atoms with E-state index in [9.17, 15) is 9.59 Å². The summed E-state index contributed by atoms with van der Waals surface area (Å²) in [5, 5.41) is 5.34. The normalized spacial score (nSPS) is 16.5. The lowest BCUT2D eigenvalue weighted by Crippen LogP contribution is -2.35. The molecule has 1 atom stereocenters. The van der Waals surface area contributed by atoms with E-state index < -0.39 is 6.23 Å². The van der Waals surface area contributed by atoms with Crippen molar-refractivity contribution in [3.63, 3.8) is 0 Å². The fraction of sp³-hybridized carbons (Fsp3) is 0.269. The van der Waals surface area contributed by atoms with Crippen LogP contribution in [0.5, 0.6) is 5.75 Å². The maximum absolute atomic E-state index is 13.9. The molecule has 172 valence electrons. The Morgan fingerprint density at radius 3 is 2.53 bits per heavy atom. The molecule has 0 spiro atoms. The Morgan fingerprint density at radius 2 is 1.79 bits per heavy atom. The molecule has 0 bridgehead atoms. The summed E-state index contributed by atoms with van der Waals surface area (Å²) in [7, 11) is 1.61. The topological polar surface area (TPSA) is 79.8 Å². The maximum atomic E-state index is 13.9. The molecule has 3 aromatic heterocycles. The van der Waals surface area contributed by atoms with Crippen LogP contribution >= 0.6 is 0 Å². The van der Waals surface area contributed by atoms with Gasteiger partial charge in [0.1, 0.15) is 16.8 Å². The Balaban J connectivity index is 1.77. The van der Waals surface area contributed by atoms with Crippen molar-refractivity contribution in [1.82, 2.24) is 18.7 Å². The van der Waals surface area contributed by atoms with Gasteiger partial charge in [0.15, 0.2) is 6.23 Å². The number of hydrogen-bond donors (Lipinski definition) is 0. The summed E-state index contributed by atoms with van der Waals surface area (Å²) in [6, 6.07) is 15.0. The summed E-state index contributed by atoms with van der Waals surface area (Å²) in [5.74, 6) is 0.696. The maximum Gasteiger partial charge on any atom is 0.295 e. The van der Waals surface area contributed by atoms with Crippen LogP contribution in [0.25, 0.3) is 33.1 Å². The van der Waals surface area contributed by atoms with Gasteiger partial charge in [-0.25, -0.2) is 0 Å². The molecule has 8 nitrogen and oxygen atoms in total. The third-order valence-corrected chi connectivity index (χ3v) is 6.57. The predicted molar refractivity (Wildman–Crippen MR) is 130 cm³/mol. The molecule has 4 heterocycles. The van der Waals surface area contributed by atoms with Gasteiger partial charge in [-0.1, -0.05) is 17.7 Å². The van der Waals surface area contributed by atoms with Crippen LogP contribution in [0.3, 0.4) is 0 Å². The number of hydrogen-bond acceptors (Lipinski definition) is 5. The van der Waals surface area contributed by atoms with Gasteiger partial charge in [0.2, 0.25) is 0 Å². The quantitative estimate of drug-likeness (QED) is 0.410. The summed E-state index contributed by atoms with van der Waals surface area (Å²) < 4.78 is 15.9. The molecule has 2 aromatic carbocycles. The molecule has 1 aliphatic heterocycles. The van der Waals surface area contributed by atoms with Gasteiger partial charge in [-0.3, -0.25) is 14.2 Å². The van der Waals surface area contributed by atoms with Gasteiger partial charge in [-0.15, -0.1) is 0 Å². The third kappa shape index (κ3) is 3.06. The lowest BCUT2D eigenvalue weighted by atomic mass is 10.2.